The van der Waals surface area contributed by atoms with E-state index in [2.05, 4.69) is 16.9 Å². The van der Waals surface area contributed by atoms with Crippen LogP contribution in [0.5, 0.6) is 11.8 Å². The minimum atomic E-state index is -4.60. The van der Waals surface area contributed by atoms with Gasteiger partial charge in [0.25, 0.3) is 0 Å². The van der Waals surface area contributed by atoms with Crippen molar-refractivity contribution in [3.63, 3.8) is 0 Å². The Labute approximate surface area is 163 Å². The van der Waals surface area contributed by atoms with Crippen molar-refractivity contribution in [1.29, 1.82) is 0 Å². The SMILES string of the molecule is CCCCOc1cccc(N(C)c2nc(OC(C)(C)C)ncc2C(F)(F)F)c1. The number of hydrogen-bond acceptors (Lipinski definition) is 5. The summed E-state index contributed by atoms with van der Waals surface area (Å²) in [6, 6.07) is 6.76. The number of alkyl halides is 3. The molecule has 0 unspecified atom stereocenters. The van der Waals surface area contributed by atoms with Gasteiger partial charge in [-0.1, -0.05) is 19.4 Å². The summed E-state index contributed by atoms with van der Waals surface area (Å²) in [5.41, 5.74) is -1.06. The monoisotopic (exact) mass is 397 g/mol. The Kier molecular flexibility index (Phi) is 6.74. The molecule has 0 spiro atoms. The van der Waals surface area contributed by atoms with E-state index in [1.165, 1.54) is 11.9 Å². The van der Waals surface area contributed by atoms with E-state index >= 15 is 0 Å². The molecule has 0 saturated heterocycles. The van der Waals surface area contributed by atoms with Gasteiger partial charge >= 0.3 is 12.2 Å². The van der Waals surface area contributed by atoms with Crippen molar-refractivity contribution in [3.05, 3.63) is 36.0 Å². The van der Waals surface area contributed by atoms with Gasteiger partial charge in [0.15, 0.2) is 5.82 Å². The second-order valence-electron chi connectivity index (χ2n) is 7.36. The van der Waals surface area contributed by atoms with Gasteiger partial charge in [-0.05, 0) is 39.3 Å². The fourth-order valence-electron chi connectivity index (χ4n) is 2.37. The molecule has 0 N–H and O–H groups in total. The van der Waals surface area contributed by atoms with E-state index in [1.54, 1.807) is 45.0 Å². The highest BCUT2D eigenvalue weighted by Crippen LogP contribution is 2.38. The van der Waals surface area contributed by atoms with Crippen molar-refractivity contribution < 1.29 is 22.6 Å². The molecule has 0 aliphatic heterocycles. The lowest BCUT2D eigenvalue weighted by molar-refractivity contribution is -0.137. The Morgan fingerprint density at radius 3 is 2.46 bits per heavy atom. The van der Waals surface area contributed by atoms with Crippen molar-refractivity contribution in [2.75, 3.05) is 18.6 Å². The molecule has 1 heterocycles. The van der Waals surface area contributed by atoms with Gasteiger partial charge in [-0.15, -0.1) is 0 Å². The van der Waals surface area contributed by atoms with E-state index in [0.29, 0.717) is 18.0 Å². The van der Waals surface area contributed by atoms with E-state index in [9.17, 15) is 13.2 Å². The Bertz CT molecular complexity index is 789. The number of unbranched alkanes of at least 4 members (excludes halogenated alkanes) is 1. The molecular weight excluding hydrogens is 371 g/mol. The molecule has 28 heavy (non-hydrogen) atoms. The molecule has 0 aliphatic carbocycles. The Morgan fingerprint density at radius 1 is 1.14 bits per heavy atom. The van der Waals surface area contributed by atoms with E-state index in [0.717, 1.165) is 19.0 Å². The summed E-state index contributed by atoms with van der Waals surface area (Å²) in [6.07, 6.45) is -1.95. The van der Waals surface area contributed by atoms with Gasteiger partial charge in [-0.25, -0.2) is 4.98 Å². The fraction of sp³-hybridized carbons (Fsp3) is 0.500. The summed E-state index contributed by atoms with van der Waals surface area (Å²) < 4.78 is 51.7. The molecule has 5 nitrogen and oxygen atoms in total. The fourth-order valence-corrected chi connectivity index (χ4v) is 2.37. The number of rotatable bonds is 7. The number of ether oxygens (including phenoxy) is 2. The topological polar surface area (TPSA) is 47.5 Å². The first kappa shape index (κ1) is 21.8. The highest BCUT2D eigenvalue weighted by atomic mass is 19.4. The molecule has 1 aromatic heterocycles. The average Bonchev–Trinajstić information content (AvgIpc) is 2.59. The lowest BCUT2D eigenvalue weighted by Gasteiger charge is -2.25. The predicted molar refractivity (Wildman–Crippen MR) is 102 cm³/mol. The number of aromatic nitrogens is 2. The normalized spacial score (nSPS) is 12.0. The number of anilines is 2. The smallest absolute Gasteiger partial charge is 0.421 e. The highest BCUT2D eigenvalue weighted by Gasteiger charge is 2.37. The molecule has 0 saturated carbocycles. The maximum absolute atomic E-state index is 13.5. The second kappa shape index (κ2) is 8.67. The van der Waals surface area contributed by atoms with Crippen LogP contribution in [0.25, 0.3) is 0 Å². The van der Waals surface area contributed by atoms with Crippen LogP contribution in [0.4, 0.5) is 24.7 Å². The molecule has 154 valence electrons. The summed E-state index contributed by atoms with van der Waals surface area (Å²) in [5.74, 6) is 0.305. The van der Waals surface area contributed by atoms with Gasteiger partial charge in [-0.2, -0.15) is 18.2 Å². The highest BCUT2D eigenvalue weighted by molar-refractivity contribution is 5.64. The zero-order chi connectivity index (χ0) is 20.9. The second-order valence-corrected chi connectivity index (χ2v) is 7.36. The van der Waals surface area contributed by atoms with E-state index < -0.39 is 17.3 Å². The molecule has 2 rings (SSSR count). The Hall–Kier alpha value is -2.51. The molecule has 2 aromatic rings. The number of hydrogen-bond donors (Lipinski definition) is 0. The maximum Gasteiger partial charge on any atom is 0.421 e. The van der Waals surface area contributed by atoms with Crippen molar-refractivity contribution in [3.8, 4) is 11.8 Å². The lowest BCUT2D eigenvalue weighted by atomic mass is 10.2. The molecule has 0 aliphatic rings. The van der Waals surface area contributed by atoms with Gasteiger partial charge in [0, 0.05) is 25.0 Å². The minimum absolute atomic E-state index is 0.113. The van der Waals surface area contributed by atoms with Gasteiger partial charge < -0.3 is 14.4 Å². The number of nitrogens with zero attached hydrogens (tertiary/aromatic N) is 3. The van der Waals surface area contributed by atoms with Crippen LogP contribution in [0.15, 0.2) is 30.5 Å². The summed E-state index contributed by atoms with van der Waals surface area (Å²) in [4.78, 5) is 9.12. The quantitative estimate of drug-likeness (QED) is 0.568. The largest absolute Gasteiger partial charge is 0.494 e. The van der Waals surface area contributed by atoms with Crippen LogP contribution in [0.1, 0.15) is 46.1 Å². The third-order valence-corrected chi connectivity index (χ3v) is 3.74. The first-order valence-corrected chi connectivity index (χ1v) is 9.11. The third kappa shape index (κ3) is 6.00. The van der Waals surface area contributed by atoms with Crippen molar-refractivity contribution in [2.45, 2.75) is 52.3 Å². The third-order valence-electron chi connectivity index (χ3n) is 3.74. The van der Waals surface area contributed by atoms with E-state index in [-0.39, 0.29) is 11.8 Å². The average molecular weight is 397 g/mol. The maximum atomic E-state index is 13.5. The van der Waals surface area contributed by atoms with Crippen LogP contribution in [0.2, 0.25) is 0 Å². The van der Waals surface area contributed by atoms with Gasteiger partial charge in [0.1, 0.15) is 16.9 Å². The zero-order valence-corrected chi connectivity index (χ0v) is 16.8. The van der Waals surface area contributed by atoms with Gasteiger partial charge in [-0.3, -0.25) is 0 Å². The minimum Gasteiger partial charge on any atom is -0.494 e. The molecular formula is C20H26F3N3O2. The van der Waals surface area contributed by atoms with Gasteiger partial charge in [0.2, 0.25) is 0 Å². The van der Waals surface area contributed by atoms with Crippen molar-refractivity contribution in [2.24, 2.45) is 0 Å². The molecule has 0 bridgehead atoms. The molecule has 0 atom stereocenters. The molecule has 0 radical (unpaired) electrons. The summed E-state index contributed by atoms with van der Waals surface area (Å²) in [5, 5.41) is 0. The first-order chi connectivity index (χ1) is 13.0. The van der Waals surface area contributed by atoms with Crippen molar-refractivity contribution >= 4 is 11.5 Å². The van der Waals surface area contributed by atoms with Gasteiger partial charge in [0.05, 0.1) is 6.61 Å². The van der Waals surface area contributed by atoms with Crippen LogP contribution < -0.4 is 14.4 Å². The van der Waals surface area contributed by atoms with Crippen LogP contribution in [0, 0.1) is 0 Å². The molecule has 1 aromatic carbocycles. The molecule has 0 fully saturated rings. The lowest BCUT2D eigenvalue weighted by Crippen LogP contribution is -2.26. The Balaban J connectivity index is 2.40. The number of benzene rings is 1. The zero-order valence-electron chi connectivity index (χ0n) is 16.8. The molecule has 8 heteroatoms. The van der Waals surface area contributed by atoms with Crippen LogP contribution in [-0.4, -0.2) is 29.2 Å². The molecule has 0 amide bonds. The van der Waals surface area contributed by atoms with Crippen LogP contribution in [-0.2, 0) is 6.18 Å². The Morgan fingerprint density at radius 2 is 1.86 bits per heavy atom. The van der Waals surface area contributed by atoms with Crippen molar-refractivity contribution in [1.82, 2.24) is 9.97 Å². The first-order valence-electron chi connectivity index (χ1n) is 9.11. The summed E-state index contributed by atoms with van der Waals surface area (Å²) in [7, 11) is 1.52. The van der Waals surface area contributed by atoms with E-state index in [1.807, 2.05) is 0 Å². The predicted octanol–water partition coefficient (Wildman–Crippen LogP) is 5.62. The van der Waals surface area contributed by atoms with Crippen LogP contribution >= 0.6 is 0 Å². The summed E-state index contributed by atoms with van der Waals surface area (Å²) >= 11 is 0. The summed E-state index contributed by atoms with van der Waals surface area (Å²) in [6.45, 7) is 7.92. The van der Waals surface area contributed by atoms with E-state index in [4.69, 9.17) is 9.47 Å². The standard InChI is InChI=1S/C20H26F3N3O2/c1-6-7-11-27-15-10-8-9-14(12-15)26(5)17-16(20(21,22)23)13-24-18(25-17)28-19(2,3)4/h8-10,12-13H,6-7,11H2,1-5H3. The van der Waals surface area contributed by atoms with Crippen LogP contribution in [0.3, 0.4) is 0 Å². The number of halogens is 3.